The predicted molar refractivity (Wildman–Crippen MR) is 135 cm³/mol. The van der Waals surface area contributed by atoms with Gasteiger partial charge in [0.25, 0.3) is 5.91 Å². The van der Waals surface area contributed by atoms with E-state index in [1.807, 2.05) is 35.2 Å². The SMILES string of the molecule is COc1cc(F)ccc1OC1=CN(C2=C(C(N)=O)Nc3ccccc3N2c2cc(N)ccn2)CC=C1. The second-order valence-corrected chi connectivity index (χ2v) is 7.97. The fourth-order valence-corrected chi connectivity index (χ4v) is 4.02. The molecule has 1 amide bonds. The lowest BCUT2D eigenvalue weighted by Gasteiger charge is -2.39. The van der Waals surface area contributed by atoms with Gasteiger partial charge in [0.15, 0.2) is 11.5 Å². The zero-order valence-corrected chi connectivity index (χ0v) is 19.3. The number of hydrogen-bond acceptors (Lipinski definition) is 8. The lowest BCUT2D eigenvalue weighted by atomic mass is 10.1. The molecule has 2 aliphatic heterocycles. The van der Waals surface area contributed by atoms with Gasteiger partial charge in [0, 0.05) is 36.8 Å². The maximum atomic E-state index is 13.6. The maximum Gasteiger partial charge on any atom is 0.268 e. The number of anilines is 4. The molecular formula is C26H23FN6O3. The number of para-hydroxylation sites is 2. The van der Waals surface area contributed by atoms with E-state index < -0.39 is 11.7 Å². The number of nitrogens with one attached hydrogen (secondary N) is 1. The highest BCUT2D eigenvalue weighted by Crippen LogP contribution is 2.42. The van der Waals surface area contributed by atoms with Crippen molar-refractivity contribution in [2.24, 2.45) is 5.73 Å². The van der Waals surface area contributed by atoms with E-state index in [4.69, 9.17) is 20.9 Å². The number of primary amides is 1. The van der Waals surface area contributed by atoms with Gasteiger partial charge >= 0.3 is 0 Å². The summed E-state index contributed by atoms with van der Waals surface area (Å²) in [6.07, 6.45) is 6.95. The van der Waals surface area contributed by atoms with Crippen LogP contribution in [-0.2, 0) is 4.79 Å². The molecule has 0 saturated heterocycles. The normalized spacial score (nSPS) is 14.7. The van der Waals surface area contributed by atoms with E-state index in [2.05, 4.69) is 10.3 Å². The van der Waals surface area contributed by atoms with Crippen LogP contribution in [0.2, 0.25) is 0 Å². The van der Waals surface area contributed by atoms with Gasteiger partial charge in [-0.1, -0.05) is 18.2 Å². The fraction of sp³-hybridized carbons (Fsp3) is 0.0769. The zero-order valence-electron chi connectivity index (χ0n) is 19.3. The van der Waals surface area contributed by atoms with Crippen molar-refractivity contribution in [2.45, 2.75) is 0 Å². The van der Waals surface area contributed by atoms with Crippen molar-refractivity contribution in [2.75, 3.05) is 29.6 Å². The van der Waals surface area contributed by atoms with E-state index in [1.54, 1.807) is 35.5 Å². The van der Waals surface area contributed by atoms with E-state index in [0.717, 1.165) is 5.69 Å². The van der Waals surface area contributed by atoms with Crippen LogP contribution in [-0.4, -0.2) is 29.4 Å². The molecule has 0 atom stereocenters. The second kappa shape index (κ2) is 9.34. The van der Waals surface area contributed by atoms with Gasteiger partial charge in [0.05, 0.1) is 18.5 Å². The third-order valence-corrected chi connectivity index (χ3v) is 5.58. The molecular weight excluding hydrogens is 463 g/mol. The van der Waals surface area contributed by atoms with Gasteiger partial charge in [0.2, 0.25) is 0 Å². The fourth-order valence-electron chi connectivity index (χ4n) is 4.02. The number of amides is 1. The minimum atomic E-state index is -0.654. The summed E-state index contributed by atoms with van der Waals surface area (Å²) in [5.74, 6) is 0.863. The average molecular weight is 487 g/mol. The Morgan fingerprint density at radius 2 is 1.97 bits per heavy atom. The molecule has 10 heteroatoms. The molecule has 2 aromatic carbocycles. The standard InChI is InChI=1S/C26H23FN6O3/c1-35-22-13-16(27)8-9-21(22)36-18-5-4-12-32(15-18)26-24(25(29)34)31-19-6-2-3-7-20(19)33(26)23-14-17(28)10-11-30-23/h2-11,13-15,31H,12H2,1H3,(H2,28,30)(H2,29,34). The summed E-state index contributed by atoms with van der Waals surface area (Å²) in [4.78, 5) is 20.8. The molecule has 0 saturated carbocycles. The van der Waals surface area contributed by atoms with Gasteiger partial charge in [-0.25, -0.2) is 9.37 Å². The van der Waals surface area contributed by atoms with E-state index in [1.165, 1.54) is 25.3 Å². The Morgan fingerprint density at radius 3 is 2.75 bits per heavy atom. The van der Waals surface area contributed by atoms with Gasteiger partial charge < -0.3 is 31.2 Å². The van der Waals surface area contributed by atoms with Gasteiger partial charge in [0.1, 0.15) is 28.9 Å². The Kier molecular flexibility index (Phi) is 5.91. The van der Waals surface area contributed by atoms with Crippen molar-refractivity contribution < 1.29 is 18.7 Å². The van der Waals surface area contributed by atoms with Gasteiger partial charge in [-0.05, 0) is 36.4 Å². The van der Waals surface area contributed by atoms with Crippen molar-refractivity contribution in [3.63, 3.8) is 0 Å². The quantitative estimate of drug-likeness (QED) is 0.481. The summed E-state index contributed by atoms with van der Waals surface area (Å²) in [5, 5.41) is 3.15. The van der Waals surface area contributed by atoms with Gasteiger partial charge in [-0.15, -0.1) is 0 Å². The van der Waals surface area contributed by atoms with Crippen molar-refractivity contribution in [1.29, 1.82) is 0 Å². The summed E-state index contributed by atoms with van der Waals surface area (Å²) in [5.41, 5.74) is 14.0. The zero-order chi connectivity index (χ0) is 25.2. The number of nitrogens with two attached hydrogens (primary N) is 2. The number of benzene rings is 2. The molecule has 1 aromatic heterocycles. The summed E-state index contributed by atoms with van der Waals surface area (Å²) in [6, 6.07) is 14.9. The molecule has 9 nitrogen and oxygen atoms in total. The minimum absolute atomic E-state index is 0.170. The molecule has 0 fully saturated rings. The first-order chi connectivity index (χ1) is 17.4. The molecule has 3 aromatic rings. The Hall–Kier alpha value is -4.99. The first-order valence-corrected chi connectivity index (χ1v) is 11.0. The molecule has 0 aliphatic carbocycles. The Bertz CT molecular complexity index is 1430. The number of carbonyl (C=O) groups is 1. The third-order valence-electron chi connectivity index (χ3n) is 5.58. The lowest BCUT2D eigenvalue weighted by Crippen LogP contribution is -2.40. The Morgan fingerprint density at radius 1 is 1.14 bits per heavy atom. The molecule has 0 radical (unpaired) electrons. The largest absolute Gasteiger partial charge is 0.493 e. The Balaban J connectivity index is 1.61. The number of fused-ring (bicyclic) bond motifs is 1. The smallest absolute Gasteiger partial charge is 0.268 e. The van der Waals surface area contributed by atoms with Crippen LogP contribution in [0.3, 0.4) is 0 Å². The molecule has 0 spiro atoms. The van der Waals surface area contributed by atoms with E-state index in [-0.39, 0.29) is 11.4 Å². The molecule has 0 unspecified atom stereocenters. The molecule has 5 rings (SSSR count). The monoisotopic (exact) mass is 486 g/mol. The highest BCUT2D eigenvalue weighted by Gasteiger charge is 2.33. The first-order valence-electron chi connectivity index (χ1n) is 11.0. The summed E-state index contributed by atoms with van der Waals surface area (Å²) < 4.78 is 24.9. The van der Waals surface area contributed by atoms with Gasteiger partial charge in [-0.3, -0.25) is 9.69 Å². The molecule has 3 heterocycles. The number of methoxy groups -OCH3 is 1. The van der Waals surface area contributed by atoms with Crippen molar-refractivity contribution in [1.82, 2.24) is 9.88 Å². The van der Waals surface area contributed by atoms with E-state index >= 15 is 0 Å². The number of nitrogens with zero attached hydrogens (tertiary/aromatic N) is 3. The summed E-state index contributed by atoms with van der Waals surface area (Å²) in [6.45, 7) is 0.405. The van der Waals surface area contributed by atoms with Crippen LogP contribution >= 0.6 is 0 Å². The van der Waals surface area contributed by atoms with Crippen LogP contribution in [0.15, 0.2) is 96.4 Å². The van der Waals surface area contributed by atoms with Crippen molar-refractivity contribution in [3.8, 4) is 11.5 Å². The highest BCUT2D eigenvalue weighted by molar-refractivity contribution is 6.00. The third kappa shape index (κ3) is 4.27. The Labute approximate surface area is 206 Å². The van der Waals surface area contributed by atoms with Crippen molar-refractivity contribution >= 4 is 28.8 Å². The summed E-state index contributed by atoms with van der Waals surface area (Å²) >= 11 is 0. The minimum Gasteiger partial charge on any atom is -0.493 e. The van der Waals surface area contributed by atoms with Crippen LogP contribution in [0.4, 0.5) is 27.3 Å². The number of allylic oxidation sites excluding steroid dienone is 1. The number of hydrogen-bond donors (Lipinski definition) is 3. The number of nitrogen functional groups attached to an aromatic ring is 1. The molecule has 2 aliphatic rings. The number of carbonyl (C=O) groups excluding carboxylic acids is 1. The van der Waals surface area contributed by atoms with Crippen LogP contribution in [0.5, 0.6) is 11.5 Å². The van der Waals surface area contributed by atoms with E-state index in [9.17, 15) is 9.18 Å². The number of aromatic nitrogens is 1. The van der Waals surface area contributed by atoms with Gasteiger partial charge in [-0.2, -0.15) is 0 Å². The topological polar surface area (TPSA) is 119 Å². The molecule has 0 bridgehead atoms. The number of pyridine rings is 1. The van der Waals surface area contributed by atoms with Crippen molar-refractivity contribution in [3.05, 3.63) is 102 Å². The molecule has 5 N–H and O–H groups in total. The highest BCUT2D eigenvalue weighted by atomic mass is 19.1. The van der Waals surface area contributed by atoms with Crippen LogP contribution in [0.1, 0.15) is 0 Å². The van der Waals surface area contributed by atoms with Crippen LogP contribution < -0.4 is 31.2 Å². The average Bonchev–Trinajstić information content (AvgIpc) is 2.88. The summed E-state index contributed by atoms with van der Waals surface area (Å²) in [7, 11) is 1.44. The maximum absolute atomic E-state index is 13.6. The van der Waals surface area contributed by atoms with Crippen LogP contribution in [0.25, 0.3) is 0 Å². The number of halogens is 1. The number of ether oxygens (including phenoxy) is 2. The van der Waals surface area contributed by atoms with E-state index in [0.29, 0.717) is 41.1 Å². The number of rotatable bonds is 6. The first kappa shape index (κ1) is 22.8. The van der Waals surface area contributed by atoms with Crippen LogP contribution in [0, 0.1) is 5.82 Å². The second-order valence-electron chi connectivity index (χ2n) is 7.97. The molecule has 36 heavy (non-hydrogen) atoms. The predicted octanol–water partition coefficient (Wildman–Crippen LogP) is 3.82. The lowest BCUT2D eigenvalue weighted by molar-refractivity contribution is -0.114. The molecule has 182 valence electrons.